The molecule has 0 aromatic carbocycles. The van der Waals surface area contributed by atoms with Crippen LogP contribution in [0.5, 0.6) is 0 Å². The van der Waals surface area contributed by atoms with E-state index < -0.39 is 0 Å². The van der Waals surface area contributed by atoms with Crippen molar-refractivity contribution in [3.63, 3.8) is 0 Å². The molecule has 1 atom stereocenters. The van der Waals surface area contributed by atoms with Gasteiger partial charge in [-0.1, -0.05) is 64.7 Å². The third-order valence-corrected chi connectivity index (χ3v) is 5.20. The van der Waals surface area contributed by atoms with Crippen molar-refractivity contribution >= 4 is 18.7 Å². The van der Waals surface area contributed by atoms with Crippen LogP contribution in [0.3, 0.4) is 0 Å². The number of carbonyl (C=O) groups is 1. The molecule has 1 heterocycles. The highest BCUT2D eigenvalue weighted by atomic mass is 32.1. The Hall–Kier alpha value is -1.10. The fourth-order valence-corrected chi connectivity index (χ4v) is 3.30. The maximum atomic E-state index is 12.3. The van der Waals surface area contributed by atoms with Crippen LogP contribution in [0.15, 0.2) is 22.8 Å². The first-order valence-corrected chi connectivity index (χ1v) is 11.4. The topological polar surface area (TPSA) is 42.7 Å². The molecule has 0 radical (unpaired) electrons. The smallest absolute Gasteiger partial charge is 0.410 e. The molecule has 0 aliphatic carbocycles. The molecule has 0 spiro atoms. The molecular formula is C22H39NO3S. The molecule has 1 aromatic rings. The molecule has 0 fully saturated rings. The van der Waals surface area contributed by atoms with Gasteiger partial charge in [-0.05, 0) is 37.1 Å². The highest BCUT2D eigenvalue weighted by molar-refractivity contribution is 7.80. The van der Waals surface area contributed by atoms with Gasteiger partial charge in [-0.15, -0.1) is 0 Å². The van der Waals surface area contributed by atoms with Gasteiger partial charge in [-0.25, -0.2) is 4.79 Å². The first kappa shape index (κ1) is 23.9. The molecule has 1 aromatic heterocycles. The van der Waals surface area contributed by atoms with Crippen molar-refractivity contribution in [1.29, 1.82) is 0 Å². The zero-order chi connectivity index (χ0) is 19.7. The summed E-state index contributed by atoms with van der Waals surface area (Å²) >= 11 is 4.19. The second-order valence-corrected chi connectivity index (χ2v) is 7.80. The molecule has 0 saturated carbocycles. The lowest BCUT2D eigenvalue weighted by Crippen LogP contribution is -2.30. The van der Waals surface area contributed by atoms with E-state index in [1.165, 1.54) is 57.8 Å². The Morgan fingerprint density at radius 2 is 1.70 bits per heavy atom. The first-order chi connectivity index (χ1) is 13.2. The Kier molecular flexibility index (Phi) is 14.1. The van der Waals surface area contributed by atoms with Crippen molar-refractivity contribution in [1.82, 2.24) is 4.90 Å². The molecule has 0 saturated heterocycles. The molecule has 4 nitrogen and oxygen atoms in total. The van der Waals surface area contributed by atoms with Gasteiger partial charge in [0.25, 0.3) is 0 Å². The van der Waals surface area contributed by atoms with Gasteiger partial charge in [0.1, 0.15) is 5.76 Å². The minimum absolute atomic E-state index is 0.287. The van der Waals surface area contributed by atoms with E-state index >= 15 is 0 Å². The van der Waals surface area contributed by atoms with E-state index in [1.54, 1.807) is 18.2 Å². The molecule has 156 valence electrons. The molecule has 0 bridgehead atoms. The van der Waals surface area contributed by atoms with Crippen LogP contribution in [0.4, 0.5) is 4.79 Å². The maximum Gasteiger partial charge on any atom is 0.410 e. The van der Waals surface area contributed by atoms with Crippen molar-refractivity contribution in [2.24, 2.45) is 0 Å². The number of rotatable bonds is 16. The predicted octanol–water partition coefficient (Wildman–Crippen LogP) is 7.02. The van der Waals surface area contributed by atoms with Gasteiger partial charge in [-0.3, -0.25) is 0 Å². The van der Waals surface area contributed by atoms with Crippen LogP contribution in [0.2, 0.25) is 0 Å². The number of hydrogen-bond donors (Lipinski definition) is 1. The van der Waals surface area contributed by atoms with E-state index in [9.17, 15) is 4.79 Å². The second kappa shape index (κ2) is 15.9. The molecule has 5 heteroatoms. The largest absolute Gasteiger partial charge is 0.465 e. The predicted molar refractivity (Wildman–Crippen MR) is 115 cm³/mol. The molecule has 27 heavy (non-hydrogen) atoms. The standard InChI is InChI=1S/C22H39NO3S/c1-3-4-5-6-7-8-9-10-11-12-15-21(20-16-13-18-25-20)26-22(24)23(2)17-14-19-27/h13,16,18,21,27H,3-12,14-15,17,19H2,1-2H3. The maximum absolute atomic E-state index is 12.3. The van der Waals surface area contributed by atoms with Crippen molar-refractivity contribution in [2.45, 2.75) is 90.1 Å². The summed E-state index contributed by atoms with van der Waals surface area (Å²) in [5.41, 5.74) is 0. The van der Waals surface area contributed by atoms with Crippen LogP contribution < -0.4 is 0 Å². The highest BCUT2D eigenvalue weighted by Crippen LogP contribution is 2.25. The Balaban J connectivity index is 2.24. The molecule has 1 unspecified atom stereocenters. The Morgan fingerprint density at radius 3 is 2.26 bits per heavy atom. The summed E-state index contributed by atoms with van der Waals surface area (Å²) < 4.78 is 11.2. The summed E-state index contributed by atoms with van der Waals surface area (Å²) in [6.45, 7) is 2.92. The minimum atomic E-state index is -0.292. The first-order valence-electron chi connectivity index (χ1n) is 10.7. The number of ether oxygens (including phenoxy) is 1. The summed E-state index contributed by atoms with van der Waals surface area (Å²) in [6, 6.07) is 3.74. The SMILES string of the molecule is CCCCCCCCCCCCC(OC(=O)N(C)CCCS)c1ccco1. The number of nitrogens with zero attached hydrogens (tertiary/aromatic N) is 1. The average Bonchev–Trinajstić information content (AvgIpc) is 3.21. The van der Waals surface area contributed by atoms with E-state index in [0.29, 0.717) is 6.54 Å². The lowest BCUT2D eigenvalue weighted by atomic mass is 10.0. The summed E-state index contributed by atoms with van der Waals surface area (Å²) in [6.07, 6.45) is 15.7. The third-order valence-electron chi connectivity index (χ3n) is 4.89. The lowest BCUT2D eigenvalue weighted by Gasteiger charge is -2.21. The van der Waals surface area contributed by atoms with Crippen molar-refractivity contribution < 1.29 is 13.9 Å². The third kappa shape index (κ3) is 11.4. The number of furan rings is 1. The number of hydrogen-bond acceptors (Lipinski definition) is 4. The molecule has 1 amide bonds. The molecule has 0 aliphatic heterocycles. The van der Waals surface area contributed by atoms with Crippen molar-refractivity contribution in [3.8, 4) is 0 Å². The van der Waals surface area contributed by atoms with Gasteiger partial charge in [-0.2, -0.15) is 12.6 Å². The van der Waals surface area contributed by atoms with Crippen LogP contribution in [0, 0.1) is 0 Å². The zero-order valence-electron chi connectivity index (χ0n) is 17.3. The van der Waals surface area contributed by atoms with Crippen molar-refractivity contribution in [3.05, 3.63) is 24.2 Å². The van der Waals surface area contributed by atoms with E-state index in [2.05, 4.69) is 19.6 Å². The summed E-state index contributed by atoms with van der Waals surface area (Å²) in [5.74, 6) is 1.50. The van der Waals surface area contributed by atoms with Crippen LogP contribution in [-0.2, 0) is 4.74 Å². The summed E-state index contributed by atoms with van der Waals surface area (Å²) in [5, 5.41) is 0. The van der Waals surface area contributed by atoms with E-state index in [4.69, 9.17) is 9.15 Å². The molecule has 1 rings (SSSR count). The summed E-state index contributed by atoms with van der Waals surface area (Å²) in [4.78, 5) is 13.9. The fraction of sp³-hybridized carbons (Fsp3) is 0.773. The van der Waals surface area contributed by atoms with Gasteiger partial charge < -0.3 is 14.1 Å². The van der Waals surface area contributed by atoms with E-state index in [-0.39, 0.29) is 12.2 Å². The molecule has 0 N–H and O–H groups in total. The zero-order valence-corrected chi connectivity index (χ0v) is 18.2. The monoisotopic (exact) mass is 397 g/mol. The van der Waals surface area contributed by atoms with Crippen LogP contribution in [0.1, 0.15) is 95.8 Å². The van der Waals surface area contributed by atoms with Crippen LogP contribution >= 0.6 is 12.6 Å². The Bertz CT molecular complexity index is 464. The van der Waals surface area contributed by atoms with Gasteiger partial charge >= 0.3 is 6.09 Å². The van der Waals surface area contributed by atoms with Gasteiger partial charge in [0.05, 0.1) is 6.26 Å². The Labute approximate surface area is 171 Å². The van der Waals surface area contributed by atoms with Gasteiger partial charge in [0.2, 0.25) is 0 Å². The van der Waals surface area contributed by atoms with Gasteiger partial charge in [0, 0.05) is 13.6 Å². The number of thiol groups is 1. The Morgan fingerprint density at radius 1 is 1.07 bits per heavy atom. The average molecular weight is 398 g/mol. The number of unbranched alkanes of at least 4 members (excludes halogenated alkanes) is 9. The number of amides is 1. The molecule has 0 aliphatic rings. The molecular weight excluding hydrogens is 358 g/mol. The van der Waals surface area contributed by atoms with Crippen LogP contribution in [-0.4, -0.2) is 30.3 Å². The lowest BCUT2D eigenvalue weighted by molar-refractivity contribution is 0.0528. The highest BCUT2D eigenvalue weighted by Gasteiger charge is 2.21. The van der Waals surface area contributed by atoms with Crippen molar-refractivity contribution in [2.75, 3.05) is 19.3 Å². The van der Waals surface area contributed by atoms with Crippen LogP contribution in [0.25, 0.3) is 0 Å². The fourth-order valence-electron chi connectivity index (χ4n) is 3.16. The second-order valence-electron chi connectivity index (χ2n) is 7.36. The summed E-state index contributed by atoms with van der Waals surface area (Å²) in [7, 11) is 1.77. The van der Waals surface area contributed by atoms with E-state index in [0.717, 1.165) is 30.8 Å². The minimum Gasteiger partial charge on any atom is -0.465 e. The van der Waals surface area contributed by atoms with Gasteiger partial charge in [0.15, 0.2) is 6.10 Å². The number of carbonyl (C=O) groups excluding carboxylic acids is 1. The quantitative estimate of drug-likeness (QED) is 0.241. The normalized spacial score (nSPS) is 12.1. The van der Waals surface area contributed by atoms with E-state index in [1.807, 2.05) is 12.1 Å².